The normalized spacial score (nSPS) is 10.6. The summed E-state index contributed by atoms with van der Waals surface area (Å²) in [6.45, 7) is 1.44. The molecule has 0 aliphatic rings. The highest BCUT2D eigenvalue weighted by Gasteiger charge is 2.19. The second-order valence-electron chi connectivity index (χ2n) is 7.09. The molecule has 3 aromatic carbocycles. The van der Waals surface area contributed by atoms with Crippen molar-refractivity contribution >= 4 is 35.0 Å². The summed E-state index contributed by atoms with van der Waals surface area (Å²) >= 11 is 1.24. The SMILES string of the molecule is CC(=O)Nc1ccc(NC(=O)CSc2nnc(-c3ccccc3O)n2-c2ccccc2)cc1. The van der Waals surface area contributed by atoms with E-state index in [2.05, 4.69) is 20.8 Å². The van der Waals surface area contributed by atoms with Crippen LogP contribution in [0.25, 0.3) is 17.1 Å². The smallest absolute Gasteiger partial charge is 0.234 e. The second kappa shape index (κ2) is 10.0. The monoisotopic (exact) mass is 459 g/mol. The van der Waals surface area contributed by atoms with E-state index in [9.17, 15) is 14.7 Å². The molecule has 8 nitrogen and oxygen atoms in total. The Labute approximate surface area is 194 Å². The van der Waals surface area contributed by atoms with Crippen molar-refractivity contribution in [2.45, 2.75) is 12.1 Å². The number of thioether (sulfide) groups is 1. The predicted octanol–water partition coefficient (Wildman–Crippen LogP) is 4.33. The number of rotatable bonds is 7. The summed E-state index contributed by atoms with van der Waals surface area (Å²) in [5.41, 5.74) is 2.64. The molecule has 0 spiro atoms. The van der Waals surface area contributed by atoms with Gasteiger partial charge in [-0.3, -0.25) is 14.2 Å². The first kappa shape index (κ1) is 22.1. The highest BCUT2D eigenvalue weighted by atomic mass is 32.2. The fourth-order valence-electron chi connectivity index (χ4n) is 3.18. The summed E-state index contributed by atoms with van der Waals surface area (Å²) in [6.07, 6.45) is 0. The van der Waals surface area contributed by atoms with Crippen molar-refractivity contribution in [1.82, 2.24) is 14.8 Å². The lowest BCUT2D eigenvalue weighted by Crippen LogP contribution is -2.14. The van der Waals surface area contributed by atoms with E-state index < -0.39 is 0 Å². The van der Waals surface area contributed by atoms with Gasteiger partial charge in [-0.25, -0.2) is 0 Å². The molecule has 0 radical (unpaired) electrons. The quantitative estimate of drug-likeness (QED) is 0.355. The van der Waals surface area contributed by atoms with Crippen LogP contribution < -0.4 is 10.6 Å². The highest BCUT2D eigenvalue weighted by molar-refractivity contribution is 7.99. The van der Waals surface area contributed by atoms with Gasteiger partial charge >= 0.3 is 0 Å². The largest absolute Gasteiger partial charge is 0.507 e. The van der Waals surface area contributed by atoms with Crippen LogP contribution in [0.15, 0.2) is 84.0 Å². The van der Waals surface area contributed by atoms with Crippen LogP contribution in [0.4, 0.5) is 11.4 Å². The highest BCUT2D eigenvalue weighted by Crippen LogP contribution is 2.32. The zero-order chi connectivity index (χ0) is 23.2. The first-order valence-electron chi connectivity index (χ1n) is 10.1. The number of hydrogen-bond acceptors (Lipinski definition) is 6. The van der Waals surface area contributed by atoms with Crippen LogP contribution in [0.5, 0.6) is 5.75 Å². The number of aromatic hydroxyl groups is 1. The summed E-state index contributed by atoms with van der Waals surface area (Å²) in [7, 11) is 0. The van der Waals surface area contributed by atoms with Crippen molar-refractivity contribution < 1.29 is 14.7 Å². The molecule has 166 valence electrons. The molecule has 2 amide bonds. The lowest BCUT2D eigenvalue weighted by Gasteiger charge is -2.11. The summed E-state index contributed by atoms with van der Waals surface area (Å²) in [6, 6.07) is 23.3. The van der Waals surface area contributed by atoms with Crippen molar-refractivity contribution in [3.63, 3.8) is 0 Å². The molecular weight excluding hydrogens is 438 g/mol. The summed E-state index contributed by atoms with van der Waals surface area (Å²) in [5.74, 6) is 0.321. The van der Waals surface area contributed by atoms with Gasteiger partial charge in [0.1, 0.15) is 5.75 Å². The maximum absolute atomic E-state index is 12.5. The van der Waals surface area contributed by atoms with Crippen LogP contribution in [0.2, 0.25) is 0 Å². The van der Waals surface area contributed by atoms with E-state index in [1.807, 2.05) is 41.0 Å². The number of nitrogens with zero attached hydrogens (tertiary/aromatic N) is 3. The molecule has 0 saturated heterocycles. The molecule has 4 rings (SSSR count). The molecule has 0 bridgehead atoms. The topological polar surface area (TPSA) is 109 Å². The minimum atomic E-state index is -0.209. The Bertz CT molecular complexity index is 1270. The summed E-state index contributed by atoms with van der Waals surface area (Å²) in [4.78, 5) is 23.7. The van der Waals surface area contributed by atoms with E-state index >= 15 is 0 Å². The number of nitrogens with one attached hydrogen (secondary N) is 2. The molecule has 0 saturated carbocycles. The number of benzene rings is 3. The molecule has 3 N–H and O–H groups in total. The summed E-state index contributed by atoms with van der Waals surface area (Å²) in [5, 5.41) is 24.9. The van der Waals surface area contributed by atoms with Crippen LogP contribution >= 0.6 is 11.8 Å². The molecule has 4 aromatic rings. The third-order valence-corrected chi connectivity index (χ3v) is 5.54. The van der Waals surface area contributed by atoms with Gasteiger partial charge in [0.15, 0.2) is 11.0 Å². The Balaban J connectivity index is 1.52. The molecule has 0 unspecified atom stereocenters. The summed E-state index contributed by atoms with van der Waals surface area (Å²) < 4.78 is 1.81. The zero-order valence-corrected chi connectivity index (χ0v) is 18.5. The molecular formula is C24H21N5O3S. The van der Waals surface area contributed by atoms with Gasteiger partial charge in [0.2, 0.25) is 11.8 Å². The maximum atomic E-state index is 12.5. The Morgan fingerprint density at radius 3 is 2.18 bits per heavy atom. The van der Waals surface area contributed by atoms with Crippen molar-refractivity contribution in [1.29, 1.82) is 0 Å². The van der Waals surface area contributed by atoms with Crippen molar-refractivity contribution in [2.24, 2.45) is 0 Å². The van der Waals surface area contributed by atoms with Gasteiger partial charge in [-0.1, -0.05) is 42.1 Å². The van der Waals surface area contributed by atoms with Crippen LogP contribution in [-0.4, -0.2) is 37.4 Å². The number of carbonyl (C=O) groups is 2. The number of hydrogen-bond donors (Lipinski definition) is 3. The van der Waals surface area contributed by atoms with E-state index in [0.29, 0.717) is 27.9 Å². The van der Waals surface area contributed by atoms with Crippen LogP contribution in [0.1, 0.15) is 6.92 Å². The number of anilines is 2. The first-order chi connectivity index (χ1) is 16.0. The first-order valence-corrected chi connectivity index (χ1v) is 11.1. The lowest BCUT2D eigenvalue weighted by molar-refractivity contribution is -0.114. The fourth-order valence-corrected chi connectivity index (χ4v) is 3.93. The van der Waals surface area contributed by atoms with Crippen LogP contribution in [0.3, 0.4) is 0 Å². The van der Waals surface area contributed by atoms with Crippen molar-refractivity contribution in [3.05, 3.63) is 78.9 Å². The van der Waals surface area contributed by atoms with Crippen molar-refractivity contribution in [2.75, 3.05) is 16.4 Å². The van der Waals surface area contributed by atoms with Gasteiger partial charge in [0.05, 0.1) is 11.3 Å². The van der Waals surface area contributed by atoms with Crippen LogP contribution in [-0.2, 0) is 9.59 Å². The van der Waals surface area contributed by atoms with E-state index in [0.717, 1.165) is 5.69 Å². The average molecular weight is 460 g/mol. The number of phenols is 1. The second-order valence-corrected chi connectivity index (χ2v) is 8.03. The third-order valence-electron chi connectivity index (χ3n) is 4.61. The van der Waals surface area contributed by atoms with E-state index in [4.69, 9.17) is 0 Å². The molecule has 0 aliphatic carbocycles. The van der Waals surface area contributed by atoms with Gasteiger partial charge in [-0.05, 0) is 48.5 Å². The molecule has 0 atom stereocenters. The van der Waals surface area contributed by atoms with Crippen LogP contribution in [0, 0.1) is 0 Å². The van der Waals surface area contributed by atoms with Gasteiger partial charge < -0.3 is 15.7 Å². The molecule has 0 fully saturated rings. The fraction of sp³-hybridized carbons (Fsp3) is 0.0833. The van der Waals surface area contributed by atoms with E-state index in [1.165, 1.54) is 18.7 Å². The average Bonchev–Trinajstić information content (AvgIpc) is 3.23. The molecule has 9 heteroatoms. The van der Waals surface area contributed by atoms with E-state index in [-0.39, 0.29) is 23.3 Å². The van der Waals surface area contributed by atoms with Crippen molar-refractivity contribution in [3.8, 4) is 22.8 Å². The lowest BCUT2D eigenvalue weighted by atomic mass is 10.2. The van der Waals surface area contributed by atoms with Gasteiger partial charge in [0.25, 0.3) is 0 Å². The predicted molar refractivity (Wildman–Crippen MR) is 129 cm³/mol. The number of para-hydroxylation sites is 2. The van der Waals surface area contributed by atoms with Gasteiger partial charge in [-0.2, -0.15) is 0 Å². The number of phenolic OH excluding ortho intramolecular Hbond substituents is 1. The van der Waals surface area contributed by atoms with Gasteiger partial charge in [0, 0.05) is 24.0 Å². The Kier molecular flexibility index (Phi) is 6.70. The minimum absolute atomic E-state index is 0.0964. The standard InChI is InChI=1S/C24H21N5O3S/c1-16(30)25-17-11-13-18(14-12-17)26-22(32)15-33-24-28-27-23(20-9-5-6-10-21(20)31)29(24)19-7-3-2-4-8-19/h2-14,31H,15H2,1H3,(H,25,30)(H,26,32). The number of aromatic nitrogens is 3. The Morgan fingerprint density at radius 1 is 0.879 bits per heavy atom. The van der Waals surface area contributed by atoms with Gasteiger partial charge in [-0.15, -0.1) is 10.2 Å². The molecule has 33 heavy (non-hydrogen) atoms. The third kappa shape index (κ3) is 5.39. The number of amides is 2. The van der Waals surface area contributed by atoms with E-state index in [1.54, 1.807) is 42.5 Å². The molecule has 1 aromatic heterocycles. The minimum Gasteiger partial charge on any atom is -0.507 e. The number of carbonyl (C=O) groups excluding carboxylic acids is 2. The Hall–Kier alpha value is -4.11. The molecule has 0 aliphatic heterocycles. The zero-order valence-electron chi connectivity index (χ0n) is 17.7. The maximum Gasteiger partial charge on any atom is 0.234 e. The molecule has 1 heterocycles. The Morgan fingerprint density at radius 2 is 1.52 bits per heavy atom.